The van der Waals surface area contributed by atoms with Gasteiger partial charge in [-0.3, -0.25) is 4.79 Å². The third kappa shape index (κ3) is 1.26. The maximum absolute atomic E-state index is 13.3. The molecule has 13 heavy (non-hydrogen) atoms. The molecular formula is C11H11FO. The molecular weight excluding hydrogens is 167 g/mol. The Morgan fingerprint density at radius 2 is 2.15 bits per heavy atom. The van der Waals surface area contributed by atoms with Crippen molar-refractivity contribution in [3.8, 4) is 0 Å². The zero-order chi connectivity index (χ0) is 9.42. The molecule has 1 aromatic rings. The van der Waals surface area contributed by atoms with E-state index in [2.05, 4.69) is 0 Å². The summed E-state index contributed by atoms with van der Waals surface area (Å²) in [6.07, 6.45) is 1.04. The number of hydrogen-bond donors (Lipinski definition) is 0. The summed E-state index contributed by atoms with van der Waals surface area (Å²) >= 11 is 0. The van der Waals surface area contributed by atoms with Crippen molar-refractivity contribution in [3.63, 3.8) is 0 Å². The van der Waals surface area contributed by atoms with Gasteiger partial charge in [-0.15, -0.1) is 0 Å². The van der Waals surface area contributed by atoms with Crippen LogP contribution in [0.1, 0.15) is 30.4 Å². The summed E-state index contributed by atoms with van der Waals surface area (Å²) in [5, 5.41) is 0. The number of fused-ring (bicyclic) bond motifs is 1. The van der Waals surface area contributed by atoms with Gasteiger partial charge in [0.1, 0.15) is 11.6 Å². The van der Waals surface area contributed by atoms with Crippen LogP contribution in [0.5, 0.6) is 0 Å². The summed E-state index contributed by atoms with van der Waals surface area (Å²) in [6, 6.07) is 4.98. The van der Waals surface area contributed by atoms with Crippen molar-refractivity contribution in [1.29, 1.82) is 0 Å². The first kappa shape index (κ1) is 8.42. The number of carbonyl (C=O) groups is 1. The van der Waals surface area contributed by atoms with Gasteiger partial charge in [0.15, 0.2) is 0 Å². The summed E-state index contributed by atoms with van der Waals surface area (Å²) in [5.41, 5.74) is 1.60. The van der Waals surface area contributed by atoms with E-state index in [0.29, 0.717) is 12.8 Å². The molecule has 0 N–H and O–H groups in total. The number of halogens is 1. The molecule has 1 aliphatic carbocycles. The number of carbonyl (C=O) groups excluding carboxylic acids is 1. The fourth-order valence-electron chi connectivity index (χ4n) is 1.88. The Morgan fingerprint density at radius 3 is 2.92 bits per heavy atom. The maximum Gasteiger partial charge on any atom is 0.140 e. The first-order valence-electron chi connectivity index (χ1n) is 4.50. The first-order valence-corrected chi connectivity index (χ1v) is 4.50. The van der Waals surface area contributed by atoms with Crippen molar-refractivity contribution < 1.29 is 9.18 Å². The highest BCUT2D eigenvalue weighted by Gasteiger charge is 2.25. The Labute approximate surface area is 76.6 Å². The van der Waals surface area contributed by atoms with Gasteiger partial charge >= 0.3 is 0 Å². The van der Waals surface area contributed by atoms with Gasteiger partial charge in [0.05, 0.1) is 0 Å². The van der Waals surface area contributed by atoms with E-state index >= 15 is 0 Å². The SMILES string of the molecule is CC1C(=O)CCc2c(F)cccc21. The highest BCUT2D eigenvalue weighted by molar-refractivity contribution is 5.87. The van der Waals surface area contributed by atoms with Crippen LogP contribution in [-0.2, 0) is 11.2 Å². The van der Waals surface area contributed by atoms with Crippen molar-refractivity contribution in [1.82, 2.24) is 0 Å². The van der Waals surface area contributed by atoms with Crippen molar-refractivity contribution in [2.24, 2.45) is 0 Å². The van der Waals surface area contributed by atoms with Gasteiger partial charge in [0.2, 0.25) is 0 Å². The molecule has 68 valence electrons. The van der Waals surface area contributed by atoms with E-state index < -0.39 is 0 Å². The van der Waals surface area contributed by atoms with Gasteiger partial charge in [0.25, 0.3) is 0 Å². The van der Waals surface area contributed by atoms with Gasteiger partial charge < -0.3 is 0 Å². The second kappa shape index (κ2) is 2.95. The van der Waals surface area contributed by atoms with E-state index in [1.165, 1.54) is 6.07 Å². The number of rotatable bonds is 0. The summed E-state index contributed by atoms with van der Waals surface area (Å²) in [6.45, 7) is 1.85. The third-order valence-electron chi connectivity index (χ3n) is 2.73. The number of benzene rings is 1. The quantitative estimate of drug-likeness (QED) is 0.596. The average molecular weight is 178 g/mol. The zero-order valence-electron chi connectivity index (χ0n) is 7.51. The molecule has 0 heterocycles. The molecule has 1 nitrogen and oxygen atoms in total. The molecule has 0 fully saturated rings. The summed E-state index contributed by atoms with van der Waals surface area (Å²) in [5.74, 6) is -0.0746. The van der Waals surface area contributed by atoms with Crippen molar-refractivity contribution in [2.75, 3.05) is 0 Å². The van der Waals surface area contributed by atoms with Crippen LogP contribution in [0, 0.1) is 5.82 Å². The van der Waals surface area contributed by atoms with Crippen LogP contribution in [0.25, 0.3) is 0 Å². The summed E-state index contributed by atoms with van der Waals surface area (Å²) in [4.78, 5) is 11.3. The molecule has 1 aliphatic rings. The Morgan fingerprint density at radius 1 is 1.38 bits per heavy atom. The number of hydrogen-bond acceptors (Lipinski definition) is 1. The van der Waals surface area contributed by atoms with E-state index in [1.54, 1.807) is 6.07 Å². The first-order chi connectivity index (χ1) is 6.20. The van der Waals surface area contributed by atoms with Gasteiger partial charge in [0, 0.05) is 12.3 Å². The number of ketones is 1. The minimum atomic E-state index is -0.170. The second-order valence-electron chi connectivity index (χ2n) is 3.50. The van der Waals surface area contributed by atoms with Crippen LogP contribution in [-0.4, -0.2) is 5.78 Å². The molecule has 1 unspecified atom stereocenters. The van der Waals surface area contributed by atoms with Crippen molar-refractivity contribution in [3.05, 3.63) is 35.1 Å². The monoisotopic (exact) mass is 178 g/mol. The van der Waals surface area contributed by atoms with E-state index in [0.717, 1.165) is 11.1 Å². The minimum absolute atomic E-state index is 0.126. The van der Waals surface area contributed by atoms with Crippen LogP contribution in [0.4, 0.5) is 4.39 Å². The molecule has 1 aromatic carbocycles. The smallest absolute Gasteiger partial charge is 0.140 e. The fourth-order valence-corrected chi connectivity index (χ4v) is 1.88. The molecule has 0 spiro atoms. The molecule has 0 radical (unpaired) electrons. The molecule has 0 aliphatic heterocycles. The Bertz CT molecular complexity index is 357. The predicted octanol–water partition coefficient (Wildman–Crippen LogP) is 2.44. The van der Waals surface area contributed by atoms with Gasteiger partial charge in [-0.05, 0) is 23.6 Å². The molecule has 2 heteroatoms. The molecule has 0 saturated carbocycles. The average Bonchev–Trinajstić information content (AvgIpc) is 2.12. The predicted molar refractivity (Wildman–Crippen MR) is 48.1 cm³/mol. The molecule has 0 saturated heterocycles. The molecule has 0 aromatic heterocycles. The topological polar surface area (TPSA) is 17.1 Å². The Hall–Kier alpha value is -1.18. The van der Waals surface area contributed by atoms with Crippen molar-refractivity contribution in [2.45, 2.75) is 25.7 Å². The van der Waals surface area contributed by atoms with Gasteiger partial charge in [-0.25, -0.2) is 4.39 Å². The number of Topliss-reactive ketones (excluding diaryl/α,β-unsaturated/α-hetero) is 1. The van der Waals surface area contributed by atoms with Crippen LogP contribution < -0.4 is 0 Å². The van der Waals surface area contributed by atoms with E-state index in [4.69, 9.17) is 0 Å². The lowest BCUT2D eigenvalue weighted by molar-refractivity contribution is -0.120. The van der Waals surface area contributed by atoms with Crippen LogP contribution >= 0.6 is 0 Å². The lowest BCUT2D eigenvalue weighted by Crippen LogP contribution is -2.18. The normalized spacial score (nSPS) is 21.4. The second-order valence-corrected chi connectivity index (χ2v) is 3.50. The molecule has 2 rings (SSSR count). The maximum atomic E-state index is 13.3. The lowest BCUT2D eigenvalue weighted by Gasteiger charge is -2.21. The van der Waals surface area contributed by atoms with E-state index in [1.807, 2.05) is 13.0 Å². The van der Waals surface area contributed by atoms with Crippen LogP contribution in [0.15, 0.2) is 18.2 Å². The fraction of sp³-hybridized carbons (Fsp3) is 0.364. The molecule has 0 bridgehead atoms. The van der Waals surface area contributed by atoms with Gasteiger partial charge in [-0.2, -0.15) is 0 Å². The third-order valence-corrected chi connectivity index (χ3v) is 2.73. The lowest BCUT2D eigenvalue weighted by atomic mass is 9.83. The van der Waals surface area contributed by atoms with Crippen molar-refractivity contribution >= 4 is 5.78 Å². The van der Waals surface area contributed by atoms with E-state index in [9.17, 15) is 9.18 Å². The standard InChI is InChI=1S/C11H11FO/c1-7-8-3-2-4-10(12)9(8)5-6-11(7)13/h2-4,7H,5-6H2,1H3. The van der Waals surface area contributed by atoms with Gasteiger partial charge in [-0.1, -0.05) is 19.1 Å². The largest absolute Gasteiger partial charge is 0.299 e. The molecule has 1 atom stereocenters. The Balaban J connectivity index is 2.55. The molecule has 0 amide bonds. The Kier molecular flexibility index (Phi) is 1.91. The highest BCUT2D eigenvalue weighted by Crippen LogP contribution is 2.29. The summed E-state index contributed by atoms with van der Waals surface area (Å²) in [7, 11) is 0. The zero-order valence-corrected chi connectivity index (χ0v) is 7.51. The van der Waals surface area contributed by atoms with Crippen LogP contribution in [0.2, 0.25) is 0 Å². The van der Waals surface area contributed by atoms with E-state index in [-0.39, 0.29) is 17.5 Å². The highest BCUT2D eigenvalue weighted by atomic mass is 19.1. The summed E-state index contributed by atoms with van der Waals surface area (Å²) < 4.78 is 13.3. The minimum Gasteiger partial charge on any atom is -0.299 e. The van der Waals surface area contributed by atoms with Crippen LogP contribution in [0.3, 0.4) is 0 Å².